The van der Waals surface area contributed by atoms with Crippen LogP contribution >= 0.6 is 0 Å². The summed E-state index contributed by atoms with van der Waals surface area (Å²) in [4.78, 5) is 21.5. The van der Waals surface area contributed by atoms with E-state index < -0.39 is 0 Å². The fraction of sp³-hybridized carbons (Fsp3) is 0.737. The van der Waals surface area contributed by atoms with Gasteiger partial charge >= 0.3 is 0 Å². The molecule has 8 heteroatoms. The molecule has 2 aliphatic heterocycles. The van der Waals surface area contributed by atoms with Gasteiger partial charge in [0.05, 0.1) is 24.9 Å². The second-order valence-electron chi connectivity index (χ2n) is 8.62. The highest BCUT2D eigenvalue weighted by Crippen LogP contribution is 2.42. The fourth-order valence-electron chi connectivity index (χ4n) is 4.11. The average molecular weight is 377 g/mol. The molecule has 0 aliphatic carbocycles. The van der Waals surface area contributed by atoms with Gasteiger partial charge in [-0.05, 0) is 27.7 Å². The van der Waals surface area contributed by atoms with E-state index in [9.17, 15) is 4.79 Å². The molecule has 0 saturated carbocycles. The SMILES string of the molecule is CC1CN(C(N)=NC[C@@H]2CC(=O)N(C(C)(C)C)[C@H]2c2cnn(C)c2)CCO1. The second-order valence-corrected chi connectivity index (χ2v) is 8.62. The monoisotopic (exact) mass is 376 g/mol. The molecule has 1 amide bonds. The maximum atomic E-state index is 12.8. The predicted octanol–water partition coefficient (Wildman–Crippen LogP) is 1.14. The molecule has 0 spiro atoms. The normalized spacial score (nSPS) is 27.5. The standard InChI is InChI=1S/C19H32N6O2/c1-13-11-24(6-7-27-13)18(20)21-9-14-8-16(26)25(19(2,3)4)17(14)15-10-22-23(5)12-15/h10,12-14,17H,6-9,11H2,1-5H3,(H2,20,21)/t13?,14-,17+/m0/s1. The third-order valence-corrected chi connectivity index (χ3v) is 5.27. The molecule has 27 heavy (non-hydrogen) atoms. The van der Waals surface area contributed by atoms with E-state index in [1.165, 1.54) is 0 Å². The van der Waals surface area contributed by atoms with Crippen LogP contribution in [-0.4, -0.2) is 69.3 Å². The van der Waals surface area contributed by atoms with Crippen LogP contribution in [0.1, 0.15) is 45.7 Å². The van der Waals surface area contributed by atoms with E-state index in [-0.39, 0.29) is 29.5 Å². The number of hydrogen-bond acceptors (Lipinski definition) is 4. The van der Waals surface area contributed by atoms with E-state index in [4.69, 9.17) is 10.5 Å². The molecule has 1 aromatic rings. The molecule has 0 aromatic carbocycles. The van der Waals surface area contributed by atoms with E-state index in [2.05, 4.69) is 35.8 Å². The zero-order valence-electron chi connectivity index (χ0n) is 17.1. The number of nitrogens with zero attached hydrogens (tertiary/aromatic N) is 5. The summed E-state index contributed by atoms with van der Waals surface area (Å²) in [6, 6.07) is -0.0358. The minimum Gasteiger partial charge on any atom is -0.375 e. The van der Waals surface area contributed by atoms with Gasteiger partial charge in [0.25, 0.3) is 0 Å². The molecule has 2 saturated heterocycles. The van der Waals surface area contributed by atoms with Crippen LogP contribution in [0.15, 0.2) is 17.4 Å². The van der Waals surface area contributed by atoms with Gasteiger partial charge in [0.15, 0.2) is 5.96 Å². The Balaban J connectivity index is 1.80. The summed E-state index contributed by atoms with van der Waals surface area (Å²) in [5.41, 5.74) is 7.03. The molecule has 3 heterocycles. The molecule has 0 bridgehead atoms. The molecule has 3 atom stereocenters. The molecule has 2 aliphatic rings. The maximum absolute atomic E-state index is 12.8. The number of rotatable bonds is 3. The van der Waals surface area contributed by atoms with Crippen molar-refractivity contribution < 1.29 is 9.53 Å². The molecule has 2 N–H and O–H groups in total. The Morgan fingerprint density at radius 3 is 2.78 bits per heavy atom. The van der Waals surface area contributed by atoms with E-state index in [1.54, 1.807) is 4.68 Å². The first-order chi connectivity index (χ1) is 12.7. The third kappa shape index (κ3) is 4.26. The Morgan fingerprint density at radius 2 is 2.19 bits per heavy atom. The van der Waals surface area contributed by atoms with Crippen LogP contribution in [0.2, 0.25) is 0 Å². The van der Waals surface area contributed by atoms with Crippen molar-refractivity contribution in [2.75, 3.05) is 26.2 Å². The van der Waals surface area contributed by atoms with Gasteiger partial charge in [-0.1, -0.05) is 0 Å². The number of ether oxygens (including phenoxy) is 1. The van der Waals surface area contributed by atoms with E-state index in [1.807, 2.05) is 31.3 Å². The van der Waals surface area contributed by atoms with Gasteiger partial charge in [0.1, 0.15) is 0 Å². The summed E-state index contributed by atoms with van der Waals surface area (Å²) in [7, 11) is 1.90. The molecule has 2 fully saturated rings. The van der Waals surface area contributed by atoms with Gasteiger partial charge in [-0.25, -0.2) is 0 Å². The van der Waals surface area contributed by atoms with Gasteiger partial charge in [0.2, 0.25) is 5.91 Å². The lowest BCUT2D eigenvalue weighted by Gasteiger charge is -2.38. The van der Waals surface area contributed by atoms with Crippen molar-refractivity contribution in [3.63, 3.8) is 0 Å². The van der Waals surface area contributed by atoms with Crippen molar-refractivity contribution in [2.45, 2.75) is 51.8 Å². The number of aliphatic imine (C=N–C) groups is 1. The molecular formula is C19H32N6O2. The summed E-state index contributed by atoms with van der Waals surface area (Å²) in [5, 5.41) is 4.31. The van der Waals surface area contributed by atoms with Crippen LogP contribution in [0.25, 0.3) is 0 Å². The molecule has 1 aromatic heterocycles. The van der Waals surface area contributed by atoms with Crippen molar-refractivity contribution in [1.82, 2.24) is 19.6 Å². The first-order valence-corrected chi connectivity index (χ1v) is 9.64. The Morgan fingerprint density at radius 1 is 1.44 bits per heavy atom. The number of carbonyl (C=O) groups is 1. The van der Waals surface area contributed by atoms with Crippen LogP contribution in [0.3, 0.4) is 0 Å². The quantitative estimate of drug-likeness (QED) is 0.631. The number of aromatic nitrogens is 2. The lowest BCUT2D eigenvalue weighted by atomic mass is 9.93. The molecule has 150 valence electrons. The number of hydrogen-bond donors (Lipinski definition) is 1. The smallest absolute Gasteiger partial charge is 0.223 e. The Hall–Kier alpha value is -2.09. The summed E-state index contributed by atoms with van der Waals surface area (Å²) >= 11 is 0. The van der Waals surface area contributed by atoms with Crippen LogP contribution in [0, 0.1) is 5.92 Å². The lowest BCUT2D eigenvalue weighted by molar-refractivity contribution is -0.133. The van der Waals surface area contributed by atoms with Crippen molar-refractivity contribution in [1.29, 1.82) is 0 Å². The highest BCUT2D eigenvalue weighted by atomic mass is 16.5. The van der Waals surface area contributed by atoms with Crippen LogP contribution < -0.4 is 5.73 Å². The fourth-order valence-corrected chi connectivity index (χ4v) is 4.11. The number of carbonyl (C=O) groups excluding carboxylic acids is 1. The van der Waals surface area contributed by atoms with Crippen molar-refractivity contribution in [3.05, 3.63) is 18.0 Å². The topological polar surface area (TPSA) is 89.0 Å². The number of amides is 1. The van der Waals surface area contributed by atoms with Gasteiger partial charge in [-0.2, -0.15) is 5.10 Å². The molecule has 3 rings (SSSR count). The largest absolute Gasteiger partial charge is 0.375 e. The number of nitrogens with two attached hydrogens (primary N) is 1. The number of guanidine groups is 1. The molecular weight excluding hydrogens is 344 g/mol. The summed E-state index contributed by atoms with van der Waals surface area (Å²) < 4.78 is 7.35. The van der Waals surface area contributed by atoms with E-state index in [0.717, 1.165) is 18.7 Å². The molecule has 8 nitrogen and oxygen atoms in total. The Bertz CT molecular complexity index is 707. The zero-order chi connectivity index (χ0) is 19.8. The molecule has 0 radical (unpaired) electrons. The Kier molecular flexibility index (Phi) is 5.46. The number of morpholine rings is 1. The summed E-state index contributed by atoms with van der Waals surface area (Å²) in [5.74, 6) is 0.782. The van der Waals surface area contributed by atoms with E-state index >= 15 is 0 Å². The first kappa shape index (κ1) is 19.7. The summed E-state index contributed by atoms with van der Waals surface area (Å²) in [6.07, 6.45) is 4.48. The minimum atomic E-state index is -0.263. The maximum Gasteiger partial charge on any atom is 0.223 e. The minimum absolute atomic E-state index is 0.0358. The zero-order valence-corrected chi connectivity index (χ0v) is 17.1. The van der Waals surface area contributed by atoms with E-state index in [0.29, 0.717) is 25.5 Å². The summed E-state index contributed by atoms with van der Waals surface area (Å²) in [6.45, 7) is 10.9. The number of aryl methyl sites for hydroxylation is 1. The number of likely N-dealkylation sites (tertiary alicyclic amines) is 1. The first-order valence-electron chi connectivity index (χ1n) is 9.64. The van der Waals surface area contributed by atoms with Crippen molar-refractivity contribution >= 4 is 11.9 Å². The lowest BCUT2D eigenvalue weighted by Crippen LogP contribution is -2.48. The highest BCUT2D eigenvalue weighted by molar-refractivity contribution is 5.81. The second kappa shape index (κ2) is 7.50. The van der Waals surface area contributed by atoms with Crippen molar-refractivity contribution in [2.24, 2.45) is 23.7 Å². The molecule has 1 unspecified atom stereocenters. The van der Waals surface area contributed by atoms with Crippen LogP contribution in [-0.2, 0) is 16.6 Å². The predicted molar refractivity (Wildman–Crippen MR) is 104 cm³/mol. The van der Waals surface area contributed by atoms with Gasteiger partial charge in [-0.15, -0.1) is 0 Å². The van der Waals surface area contributed by atoms with Gasteiger partial charge in [-0.3, -0.25) is 14.5 Å². The average Bonchev–Trinajstić information content (AvgIpc) is 3.15. The highest BCUT2D eigenvalue weighted by Gasteiger charge is 2.45. The third-order valence-electron chi connectivity index (χ3n) is 5.27. The van der Waals surface area contributed by atoms with Crippen LogP contribution in [0.4, 0.5) is 0 Å². The van der Waals surface area contributed by atoms with Gasteiger partial charge in [0, 0.05) is 56.3 Å². The Labute approximate surface area is 161 Å². The van der Waals surface area contributed by atoms with Gasteiger partial charge < -0.3 is 20.3 Å². The van der Waals surface area contributed by atoms with Crippen LogP contribution in [0.5, 0.6) is 0 Å². The van der Waals surface area contributed by atoms with Crippen molar-refractivity contribution in [3.8, 4) is 0 Å².